The summed E-state index contributed by atoms with van der Waals surface area (Å²) in [5.74, 6) is 0. The van der Waals surface area contributed by atoms with Crippen LogP contribution in [0.2, 0.25) is 0 Å². The van der Waals surface area contributed by atoms with Crippen molar-refractivity contribution in [2.45, 2.75) is 13.8 Å². The molecule has 0 atom stereocenters. The Morgan fingerprint density at radius 3 is 2.53 bits per heavy atom. The van der Waals surface area contributed by atoms with Crippen molar-refractivity contribution in [3.8, 4) is 11.1 Å². The molecule has 3 rings (SSSR count). The van der Waals surface area contributed by atoms with Gasteiger partial charge in [-0.1, -0.05) is 46.8 Å². The Labute approximate surface area is 92.8 Å². The monoisotopic (exact) mass is 210 g/mol. The predicted octanol–water partition coefficient (Wildman–Crippen LogP) is 1.40. The summed E-state index contributed by atoms with van der Waals surface area (Å²) in [5.41, 5.74) is 5.93. The summed E-state index contributed by atoms with van der Waals surface area (Å²) in [6.45, 7) is 4.46. The van der Waals surface area contributed by atoms with E-state index in [1.165, 1.54) is 22.3 Å². The second-order valence-corrected chi connectivity index (χ2v) is 6.25. The Balaban J connectivity index is 2.36. The van der Waals surface area contributed by atoms with Crippen LogP contribution in [-0.4, -0.2) is 9.52 Å². The topological polar surface area (TPSA) is 0 Å². The lowest BCUT2D eigenvalue weighted by Crippen LogP contribution is -2.20. The molecule has 1 heteroatoms. The molecule has 0 radical (unpaired) electrons. The second kappa shape index (κ2) is 3.07. The smallest absolute Gasteiger partial charge is 0.0627 e. The highest BCUT2D eigenvalue weighted by atomic mass is 28.2. The van der Waals surface area contributed by atoms with E-state index in [-0.39, 0.29) is 9.52 Å². The molecule has 0 aliphatic carbocycles. The maximum Gasteiger partial charge on any atom is 0.0891 e. The standard InChI is InChI=1S/C14H14Si/c1-9-7-8-13-14(10(9)2)11-5-3-4-6-12(11)15-13/h3-8H,15H2,1-2H3. The van der Waals surface area contributed by atoms with Gasteiger partial charge in [0.05, 0.1) is 9.52 Å². The maximum atomic E-state index is 2.34. The zero-order valence-corrected chi connectivity index (χ0v) is 10.6. The summed E-state index contributed by atoms with van der Waals surface area (Å²) >= 11 is 0. The Bertz CT molecular complexity index is 541. The zero-order chi connectivity index (χ0) is 10.4. The summed E-state index contributed by atoms with van der Waals surface area (Å²) < 4.78 is 0. The van der Waals surface area contributed by atoms with Crippen molar-refractivity contribution < 1.29 is 0 Å². The van der Waals surface area contributed by atoms with Crippen molar-refractivity contribution in [3.63, 3.8) is 0 Å². The SMILES string of the molecule is Cc1ccc2c(c1C)-c1ccccc1[SiH2]2. The van der Waals surface area contributed by atoms with Gasteiger partial charge in [-0.2, -0.15) is 0 Å². The van der Waals surface area contributed by atoms with Crippen LogP contribution in [-0.2, 0) is 0 Å². The summed E-state index contributed by atoms with van der Waals surface area (Å²) in [6.07, 6.45) is 0. The van der Waals surface area contributed by atoms with Crippen molar-refractivity contribution in [2.24, 2.45) is 0 Å². The first kappa shape index (κ1) is 8.92. The molecule has 0 nitrogen and oxygen atoms in total. The molecule has 2 aromatic carbocycles. The molecule has 1 aliphatic rings. The number of hydrogen-bond acceptors (Lipinski definition) is 0. The third-order valence-electron chi connectivity index (χ3n) is 3.49. The summed E-state index contributed by atoms with van der Waals surface area (Å²) in [6, 6.07) is 13.5. The van der Waals surface area contributed by atoms with Gasteiger partial charge in [0.25, 0.3) is 0 Å². The van der Waals surface area contributed by atoms with Gasteiger partial charge in [0.1, 0.15) is 0 Å². The molecular weight excluding hydrogens is 196 g/mol. The number of fused-ring (bicyclic) bond motifs is 3. The lowest BCUT2D eigenvalue weighted by Gasteiger charge is -2.08. The van der Waals surface area contributed by atoms with E-state index in [0.717, 1.165) is 0 Å². The van der Waals surface area contributed by atoms with Gasteiger partial charge < -0.3 is 0 Å². The van der Waals surface area contributed by atoms with Crippen LogP contribution in [0.3, 0.4) is 0 Å². The summed E-state index contributed by atoms with van der Waals surface area (Å²) in [5, 5.41) is 3.24. The van der Waals surface area contributed by atoms with Gasteiger partial charge >= 0.3 is 0 Å². The van der Waals surface area contributed by atoms with E-state index in [2.05, 4.69) is 50.2 Å². The molecule has 2 aromatic rings. The van der Waals surface area contributed by atoms with Crippen LogP contribution >= 0.6 is 0 Å². The third-order valence-corrected chi connectivity index (χ3v) is 5.46. The Morgan fingerprint density at radius 2 is 1.67 bits per heavy atom. The average molecular weight is 210 g/mol. The van der Waals surface area contributed by atoms with E-state index in [4.69, 9.17) is 0 Å². The molecule has 0 spiro atoms. The van der Waals surface area contributed by atoms with Crippen molar-refractivity contribution in [2.75, 3.05) is 0 Å². The van der Waals surface area contributed by atoms with E-state index >= 15 is 0 Å². The van der Waals surface area contributed by atoms with Crippen LogP contribution < -0.4 is 10.4 Å². The van der Waals surface area contributed by atoms with Gasteiger partial charge in [0, 0.05) is 0 Å². The molecule has 0 N–H and O–H groups in total. The van der Waals surface area contributed by atoms with E-state index in [0.29, 0.717) is 0 Å². The van der Waals surface area contributed by atoms with Crippen LogP contribution in [0.1, 0.15) is 11.1 Å². The minimum absolute atomic E-state index is 0.197. The molecule has 1 heterocycles. The van der Waals surface area contributed by atoms with Gasteiger partial charge in [0.2, 0.25) is 0 Å². The molecule has 0 bridgehead atoms. The van der Waals surface area contributed by atoms with E-state index in [1.54, 1.807) is 10.4 Å². The summed E-state index contributed by atoms with van der Waals surface area (Å²) in [4.78, 5) is 0. The van der Waals surface area contributed by atoms with Crippen molar-refractivity contribution >= 4 is 19.9 Å². The maximum absolute atomic E-state index is 2.34. The van der Waals surface area contributed by atoms with Crippen LogP contribution in [0.25, 0.3) is 11.1 Å². The van der Waals surface area contributed by atoms with Gasteiger partial charge in [0.15, 0.2) is 0 Å². The fraction of sp³-hybridized carbons (Fsp3) is 0.143. The highest BCUT2D eigenvalue weighted by Crippen LogP contribution is 2.25. The Morgan fingerprint density at radius 1 is 0.867 bits per heavy atom. The number of hydrogen-bond donors (Lipinski definition) is 0. The lowest BCUT2D eigenvalue weighted by atomic mass is 9.97. The molecule has 0 fully saturated rings. The molecule has 74 valence electrons. The van der Waals surface area contributed by atoms with E-state index in [1.807, 2.05) is 0 Å². The number of rotatable bonds is 0. The average Bonchev–Trinajstić information content (AvgIpc) is 2.62. The van der Waals surface area contributed by atoms with E-state index < -0.39 is 0 Å². The Kier molecular flexibility index (Phi) is 1.83. The van der Waals surface area contributed by atoms with Gasteiger partial charge in [-0.05, 0) is 36.1 Å². The van der Waals surface area contributed by atoms with Crippen LogP contribution in [0.4, 0.5) is 0 Å². The fourth-order valence-electron chi connectivity index (χ4n) is 2.52. The number of benzene rings is 2. The minimum atomic E-state index is -0.197. The Hall–Kier alpha value is -1.34. The molecular formula is C14H14Si. The zero-order valence-electron chi connectivity index (χ0n) is 9.17. The minimum Gasteiger partial charge on any atom is -0.0627 e. The quantitative estimate of drug-likeness (QED) is 0.492. The van der Waals surface area contributed by atoms with Gasteiger partial charge in [-0.3, -0.25) is 0 Å². The van der Waals surface area contributed by atoms with Gasteiger partial charge in [-0.25, -0.2) is 0 Å². The molecule has 0 unspecified atom stereocenters. The highest BCUT2D eigenvalue weighted by Gasteiger charge is 2.20. The highest BCUT2D eigenvalue weighted by molar-refractivity contribution is 6.73. The van der Waals surface area contributed by atoms with Crippen molar-refractivity contribution in [3.05, 3.63) is 47.5 Å². The van der Waals surface area contributed by atoms with Crippen LogP contribution in [0.5, 0.6) is 0 Å². The molecule has 1 aliphatic heterocycles. The second-order valence-electron chi connectivity index (χ2n) is 4.38. The van der Waals surface area contributed by atoms with E-state index in [9.17, 15) is 0 Å². The van der Waals surface area contributed by atoms with Crippen LogP contribution in [0, 0.1) is 13.8 Å². The first-order valence-electron chi connectivity index (χ1n) is 5.45. The van der Waals surface area contributed by atoms with Crippen molar-refractivity contribution in [1.82, 2.24) is 0 Å². The fourth-order valence-corrected chi connectivity index (χ4v) is 4.54. The predicted molar refractivity (Wildman–Crippen MR) is 69.2 cm³/mol. The van der Waals surface area contributed by atoms with Crippen LogP contribution in [0.15, 0.2) is 36.4 Å². The van der Waals surface area contributed by atoms with Gasteiger partial charge in [-0.15, -0.1) is 0 Å². The molecule has 0 saturated heterocycles. The first-order chi connectivity index (χ1) is 7.27. The first-order valence-corrected chi connectivity index (χ1v) is 6.86. The van der Waals surface area contributed by atoms with Crippen molar-refractivity contribution in [1.29, 1.82) is 0 Å². The molecule has 0 amide bonds. The molecule has 15 heavy (non-hydrogen) atoms. The largest absolute Gasteiger partial charge is 0.0891 e. The normalized spacial score (nSPS) is 14.0. The molecule has 0 aromatic heterocycles. The molecule has 0 saturated carbocycles. The third kappa shape index (κ3) is 1.20. The number of aryl methyl sites for hydroxylation is 1. The lowest BCUT2D eigenvalue weighted by molar-refractivity contribution is 1.36. The summed E-state index contributed by atoms with van der Waals surface area (Å²) in [7, 11) is -0.197.